The van der Waals surface area contributed by atoms with Crippen LogP contribution in [0.4, 0.5) is 17.1 Å². The summed E-state index contributed by atoms with van der Waals surface area (Å²) in [4.78, 5) is 5.63. The van der Waals surface area contributed by atoms with Crippen molar-refractivity contribution in [3.05, 3.63) is 188 Å². The molecule has 0 radical (unpaired) electrons. The zero-order valence-corrected chi connectivity index (χ0v) is 31.7. The number of hydrogen-bond donors (Lipinski definition) is 0. The van der Waals surface area contributed by atoms with Crippen LogP contribution in [0.1, 0.15) is 82.2 Å². The average molecular weight is 714 g/mol. The number of fused-ring (bicyclic) bond motifs is 16. The van der Waals surface area contributed by atoms with Crippen LogP contribution in [0.2, 0.25) is 0 Å². The SMILES string of the molecule is CC1(C)C2=C(C=CCC2)c2ccc(N(c3ccccc3)c3ccc4c(c3)C3(c5ccccc5-4)C4C=CC=CC4C4c5sc6c(c5C=CC43)CCC=C6)cc21. The van der Waals surface area contributed by atoms with E-state index in [0.29, 0.717) is 23.7 Å². The van der Waals surface area contributed by atoms with Gasteiger partial charge in [0.1, 0.15) is 0 Å². The quantitative estimate of drug-likeness (QED) is 0.180. The van der Waals surface area contributed by atoms with Gasteiger partial charge in [0.05, 0.1) is 0 Å². The van der Waals surface area contributed by atoms with Crippen molar-refractivity contribution in [3.63, 3.8) is 0 Å². The molecule has 1 aromatic heterocycles. The van der Waals surface area contributed by atoms with Gasteiger partial charge in [-0.25, -0.2) is 0 Å². The first-order valence-corrected chi connectivity index (χ1v) is 20.9. The van der Waals surface area contributed by atoms with E-state index in [2.05, 4.69) is 182 Å². The maximum Gasteiger partial charge on any atom is 0.0465 e. The van der Waals surface area contributed by atoms with Gasteiger partial charge < -0.3 is 4.90 Å². The fraction of sp³-hybridized carbons (Fsp3) is 0.231. The zero-order valence-electron chi connectivity index (χ0n) is 30.9. The van der Waals surface area contributed by atoms with Gasteiger partial charge in [-0.05, 0) is 136 Å². The third kappa shape index (κ3) is 3.95. The summed E-state index contributed by atoms with van der Waals surface area (Å²) >= 11 is 2.08. The number of anilines is 3. The van der Waals surface area contributed by atoms with Crippen molar-refractivity contribution in [1.29, 1.82) is 0 Å². The number of para-hydroxylation sites is 1. The highest BCUT2D eigenvalue weighted by Crippen LogP contribution is 2.71. The lowest BCUT2D eigenvalue weighted by molar-refractivity contribution is 0.374. The van der Waals surface area contributed by atoms with Gasteiger partial charge in [-0.1, -0.05) is 129 Å². The molecule has 0 bridgehead atoms. The molecule has 262 valence electrons. The Labute approximate surface area is 323 Å². The van der Waals surface area contributed by atoms with Crippen LogP contribution in [0.15, 0.2) is 145 Å². The second kappa shape index (κ2) is 11.2. The minimum atomic E-state index is -0.176. The van der Waals surface area contributed by atoms with E-state index >= 15 is 0 Å². The first-order valence-electron chi connectivity index (χ1n) is 20.0. The van der Waals surface area contributed by atoms with Gasteiger partial charge in [-0.15, -0.1) is 11.3 Å². The summed E-state index contributed by atoms with van der Waals surface area (Å²) in [5, 5.41) is 0. The van der Waals surface area contributed by atoms with Gasteiger partial charge in [-0.2, -0.15) is 0 Å². The normalized spacial score (nSPS) is 26.6. The van der Waals surface area contributed by atoms with Crippen molar-refractivity contribution >= 4 is 46.1 Å². The van der Waals surface area contributed by atoms with Gasteiger partial charge in [0.15, 0.2) is 0 Å². The first kappa shape index (κ1) is 31.2. The van der Waals surface area contributed by atoms with Crippen molar-refractivity contribution in [3.8, 4) is 11.1 Å². The Morgan fingerprint density at radius 1 is 0.630 bits per heavy atom. The largest absolute Gasteiger partial charge is 0.310 e. The molecule has 12 rings (SSSR count). The molecule has 1 heterocycles. The maximum absolute atomic E-state index is 2.65. The molecule has 1 nitrogen and oxygen atoms in total. The molecule has 5 atom stereocenters. The summed E-state index contributed by atoms with van der Waals surface area (Å²) in [7, 11) is 0. The topological polar surface area (TPSA) is 3.24 Å². The molecular weight excluding hydrogens is 671 g/mol. The molecule has 4 aromatic carbocycles. The van der Waals surface area contributed by atoms with Crippen LogP contribution >= 0.6 is 11.3 Å². The minimum Gasteiger partial charge on any atom is -0.310 e. The van der Waals surface area contributed by atoms with Crippen molar-refractivity contribution in [2.75, 3.05) is 4.90 Å². The van der Waals surface area contributed by atoms with Crippen molar-refractivity contribution < 1.29 is 0 Å². The molecule has 0 saturated heterocycles. The van der Waals surface area contributed by atoms with Crippen LogP contribution in [0.5, 0.6) is 0 Å². The molecule has 54 heavy (non-hydrogen) atoms. The number of allylic oxidation sites excluding steroid dienone is 10. The fourth-order valence-electron chi connectivity index (χ4n) is 12.1. The number of nitrogens with zero attached hydrogens (tertiary/aromatic N) is 1. The Bertz CT molecular complexity index is 2620. The van der Waals surface area contributed by atoms with Crippen LogP contribution in [0.25, 0.3) is 28.9 Å². The Hall–Kier alpha value is -5.18. The molecule has 1 spiro atoms. The summed E-state index contributed by atoms with van der Waals surface area (Å²) in [5.74, 6) is 1.59. The van der Waals surface area contributed by atoms with E-state index in [4.69, 9.17) is 0 Å². The summed E-state index contributed by atoms with van der Waals surface area (Å²) in [5.41, 5.74) is 18.3. The van der Waals surface area contributed by atoms with E-state index < -0.39 is 0 Å². The molecule has 1 fully saturated rings. The molecule has 5 aromatic rings. The van der Waals surface area contributed by atoms with Gasteiger partial charge in [-0.3, -0.25) is 0 Å². The molecule has 7 aliphatic carbocycles. The van der Waals surface area contributed by atoms with E-state index in [-0.39, 0.29) is 10.8 Å². The molecule has 0 N–H and O–H groups in total. The first-order chi connectivity index (χ1) is 26.5. The van der Waals surface area contributed by atoms with Crippen LogP contribution in [-0.2, 0) is 17.3 Å². The standard InChI is InChI=1S/C52H43NS/c1-51(2)42-20-10-6-16-35(42)37-26-24-33(30-46(37)51)53(32-14-4-3-5-15-32)34-25-27-38-36-17-7-11-21-43(36)52(47(38)31-34)44-22-12-8-19-41(44)49-45(52)29-28-40-39-18-9-13-23-48(39)54-50(40)49/h3-8,11-17,19,21-31,41,44-45,49H,9-10,18,20H2,1-2H3. The van der Waals surface area contributed by atoms with Crippen LogP contribution in [0, 0.1) is 17.8 Å². The molecular formula is C52H43NS. The Morgan fingerprint density at radius 2 is 1.37 bits per heavy atom. The molecule has 2 heteroatoms. The van der Waals surface area contributed by atoms with E-state index in [1.54, 1.807) is 16.0 Å². The zero-order chi connectivity index (χ0) is 35.8. The summed E-state index contributed by atoms with van der Waals surface area (Å²) in [6, 6.07) is 35.1. The molecule has 5 unspecified atom stereocenters. The van der Waals surface area contributed by atoms with Gasteiger partial charge in [0.2, 0.25) is 0 Å². The molecule has 0 aliphatic heterocycles. The van der Waals surface area contributed by atoms with E-state index in [9.17, 15) is 0 Å². The molecule has 0 amide bonds. The summed E-state index contributed by atoms with van der Waals surface area (Å²) < 4.78 is 0. The lowest BCUT2D eigenvalue weighted by Crippen LogP contribution is -2.37. The molecule has 1 saturated carbocycles. The van der Waals surface area contributed by atoms with E-state index in [1.807, 2.05) is 0 Å². The minimum absolute atomic E-state index is 0.00904. The summed E-state index contributed by atoms with van der Waals surface area (Å²) in [6.07, 6.45) is 29.1. The number of rotatable bonds is 3. The van der Waals surface area contributed by atoms with E-state index in [0.717, 1.165) is 25.7 Å². The number of benzene rings is 4. The third-order valence-corrected chi connectivity index (χ3v) is 15.6. The third-order valence-electron chi connectivity index (χ3n) is 14.3. The number of hydrogen-bond acceptors (Lipinski definition) is 2. The van der Waals surface area contributed by atoms with Gasteiger partial charge in [0, 0.05) is 43.6 Å². The highest BCUT2D eigenvalue weighted by atomic mass is 32.1. The maximum atomic E-state index is 2.65. The van der Waals surface area contributed by atoms with Crippen LogP contribution in [-0.4, -0.2) is 0 Å². The fourth-order valence-corrected chi connectivity index (χ4v) is 13.6. The summed E-state index contributed by atoms with van der Waals surface area (Å²) in [6.45, 7) is 4.87. The predicted octanol–water partition coefficient (Wildman–Crippen LogP) is 13.6. The predicted molar refractivity (Wildman–Crippen MR) is 228 cm³/mol. The lowest BCUT2D eigenvalue weighted by atomic mass is 9.63. The van der Waals surface area contributed by atoms with Crippen LogP contribution < -0.4 is 4.90 Å². The Morgan fingerprint density at radius 3 is 2.26 bits per heavy atom. The number of thiophene rings is 1. The highest BCUT2D eigenvalue weighted by molar-refractivity contribution is 7.13. The molecule has 7 aliphatic rings. The second-order valence-electron chi connectivity index (χ2n) is 17.0. The average Bonchev–Trinajstić information content (AvgIpc) is 3.91. The lowest BCUT2D eigenvalue weighted by Gasteiger charge is -2.40. The monoisotopic (exact) mass is 713 g/mol. The van der Waals surface area contributed by atoms with Gasteiger partial charge >= 0.3 is 0 Å². The van der Waals surface area contributed by atoms with E-state index in [1.165, 1.54) is 66.5 Å². The van der Waals surface area contributed by atoms with Crippen molar-refractivity contribution in [1.82, 2.24) is 0 Å². The smallest absolute Gasteiger partial charge is 0.0465 e. The van der Waals surface area contributed by atoms with Crippen molar-refractivity contribution in [2.45, 2.75) is 56.3 Å². The Kier molecular flexibility index (Phi) is 6.46. The van der Waals surface area contributed by atoms with Crippen LogP contribution in [0.3, 0.4) is 0 Å². The highest BCUT2D eigenvalue weighted by Gasteiger charge is 2.64. The van der Waals surface area contributed by atoms with Crippen molar-refractivity contribution in [2.24, 2.45) is 17.8 Å². The Balaban J connectivity index is 1.07. The second-order valence-corrected chi connectivity index (χ2v) is 18.0. The van der Waals surface area contributed by atoms with Gasteiger partial charge in [0.25, 0.3) is 0 Å².